The molecule has 1 aliphatic rings. The lowest BCUT2D eigenvalue weighted by Gasteiger charge is -2.28. The van der Waals surface area contributed by atoms with Crippen molar-refractivity contribution in [3.63, 3.8) is 0 Å². The summed E-state index contributed by atoms with van der Waals surface area (Å²) >= 11 is 0. The third kappa shape index (κ3) is 3.42. The van der Waals surface area contributed by atoms with Crippen LogP contribution in [0.15, 0.2) is 28.8 Å². The molecule has 1 aromatic carbocycles. The van der Waals surface area contributed by atoms with Crippen LogP contribution in [0.2, 0.25) is 0 Å². The second-order valence-electron chi connectivity index (χ2n) is 6.49. The van der Waals surface area contributed by atoms with Gasteiger partial charge in [-0.05, 0) is 44.4 Å². The molecule has 1 saturated carbocycles. The van der Waals surface area contributed by atoms with E-state index in [1.807, 2.05) is 31.2 Å². The summed E-state index contributed by atoms with van der Waals surface area (Å²) in [5.74, 6) is 1.59. The van der Waals surface area contributed by atoms with Crippen molar-refractivity contribution in [2.75, 3.05) is 0 Å². The third-order valence-corrected chi connectivity index (χ3v) is 4.45. The molecule has 1 N–H and O–H groups in total. The zero-order valence-corrected chi connectivity index (χ0v) is 14.3. The molecule has 0 radical (unpaired) electrons. The van der Waals surface area contributed by atoms with Gasteiger partial charge >= 0.3 is 0 Å². The predicted octanol–water partition coefficient (Wildman–Crippen LogP) is 3.04. The minimum atomic E-state index is -0.600. The number of nitrogens with zero attached hydrogens (tertiary/aromatic N) is 2. The van der Waals surface area contributed by atoms with Gasteiger partial charge < -0.3 is 14.6 Å². The maximum absolute atomic E-state index is 12.7. The maximum atomic E-state index is 12.7. The highest BCUT2D eigenvalue weighted by atomic mass is 16.5. The number of amides is 1. The molecule has 1 atom stereocenters. The zero-order chi connectivity index (χ0) is 17.2. The highest BCUT2D eigenvalue weighted by molar-refractivity contribution is 5.81. The first-order valence-electron chi connectivity index (χ1n) is 8.35. The Kier molecular flexibility index (Phi) is 4.55. The van der Waals surface area contributed by atoms with Crippen LogP contribution >= 0.6 is 0 Å². The first-order valence-corrected chi connectivity index (χ1v) is 8.35. The fraction of sp³-hybridized carbons (Fsp3) is 0.500. The summed E-state index contributed by atoms with van der Waals surface area (Å²) in [6.45, 7) is 5.50. The van der Waals surface area contributed by atoms with E-state index in [4.69, 9.17) is 9.26 Å². The Balaban J connectivity index is 1.72. The number of rotatable bonds is 5. The van der Waals surface area contributed by atoms with Crippen LogP contribution in [0, 0.1) is 13.8 Å². The smallest absolute Gasteiger partial charge is 0.261 e. The molecule has 128 valence electrons. The van der Waals surface area contributed by atoms with Gasteiger partial charge in [0.1, 0.15) is 11.3 Å². The summed E-state index contributed by atoms with van der Waals surface area (Å²) in [6, 6.07) is 7.67. The minimum Gasteiger partial charge on any atom is -0.481 e. The minimum absolute atomic E-state index is 0.166. The summed E-state index contributed by atoms with van der Waals surface area (Å²) in [6.07, 6.45) is 3.09. The van der Waals surface area contributed by atoms with Crippen LogP contribution in [0.5, 0.6) is 5.75 Å². The van der Waals surface area contributed by atoms with Gasteiger partial charge in [-0.25, -0.2) is 0 Å². The summed E-state index contributed by atoms with van der Waals surface area (Å²) in [5.41, 5.74) is 0.550. The molecule has 6 nitrogen and oxygen atoms in total. The van der Waals surface area contributed by atoms with Crippen LogP contribution in [-0.2, 0) is 10.3 Å². The standard InChI is InChI=1S/C18H23N3O3/c1-12-7-6-8-15(11-12)23-13(2)16(22)20-18(9-4-5-10-18)17-19-14(3)24-21-17/h6-8,11,13H,4-5,9-10H2,1-3H3,(H,20,22). The van der Waals surface area contributed by atoms with Gasteiger partial charge in [-0.1, -0.05) is 30.1 Å². The Hall–Kier alpha value is -2.37. The molecule has 0 aliphatic heterocycles. The summed E-state index contributed by atoms with van der Waals surface area (Å²) in [7, 11) is 0. The molecule has 2 aromatic rings. The van der Waals surface area contributed by atoms with E-state index in [1.54, 1.807) is 13.8 Å². The van der Waals surface area contributed by atoms with Crippen molar-refractivity contribution in [2.45, 2.75) is 58.1 Å². The van der Waals surface area contributed by atoms with Gasteiger partial charge in [-0.3, -0.25) is 4.79 Å². The van der Waals surface area contributed by atoms with Crippen LogP contribution < -0.4 is 10.1 Å². The van der Waals surface area contributed by atoms with E-state index in [1.165, 1.54) is 0 Å². The second kappa shape index (κ2) is 6.63. The Morgan fingerprint density at radius 3 is 2.71 bits per heavy atom. The second-order valence-corrected chi connectivity index (χ2v) is 6.49. The number of nitrogens with one attached hydrogen (secondary N) is 1. The monoisotopic (exact) mass is 329 g/mol. The molecule has 0 bridgehead atoms. The molecular formula is C18H23N3O3. The van der Waals surface area contributed by atoms with E-state index < -0.39 is 11.6 Å². The number of aromatic nitrogens is 2. The van der Waals surface area contributed by atoms with E-state index >= 15 is 0 Å². The van der Waals surface area contributed by atoms with Crippen molar-refractivity contribution >= 4 is 5.91 Å². The fourth-order valence-electron chi connectivity index (χ4n) is 3.16. The van der Waals surface area contributed by atoms with E-state index in [2.05, 4.69) is 15.5 Å². The third-order valence-electron chi connectivity index (χ3n) is 4.45. The Morgan fingerprint density at radius 1 is 1.33 bits per heavy atom. The zero-order valence-electron chi connectivity index (χ0n) is 14.3. The molecule has 0 saturated heterocycles. The largest absolute Gasteiger partial charge is 0.481 e. The van der Waals surface area contributed by atoms with Crippen molar-refractivity contribution < 1.29 is 14.1 Å². The highest BCUT2D eigenvalue weighted by Gasteiger charge is 2.42. The Labute approximate surface area is 141 Å². The maximum Gasteiger partial charge on any atom is 0.261 e. The molecule has 1 amide bonds. The number of carbonyl (C=O) groups excluding carboxylic acids is 1. The molecule has 0 spiro atoms. The molecule has 1 aliphatic carbocycles. The quantitative estimate of drug-likeness (QED) is 0.912. The van der Waals surface area contributed by atoms with Crippen molar-refractivity contribution in [2.24, 2.45) is 0 Å². The highest BCUT2D eigenvalue weighted by Crippen LogP contribution is 2.37. The lowest BCUT2D eigenvalue weighted by atomic mass is 9.96. The van der Waals surface area contributed by atoms with Gasteiger partial charge in [0.15, 0.2) is 11.9 Å². The molecule has 1 aromatic heterocycles. The van der Waals surface area contributed by atoms with Crippen LogP contribution in [0.4, 0.5) is 0 Å². The van der Waals surface area contributed by atoms with Gasteiger partial charge in [0.2, 0.25) is 5.89 Å². The van der Waals surface area contributed by atoms with Crippen molar-refractivity contribution in [1.29, 1.82) is 0 Å². The summed E-state index contributed by atoms with van der Waals surface area (Å²) in [5, 5.41) is 7.14. The van der Waals surface area contributed by atoms with Crippen molar-refractivity contribution in [3.05, 3.63) is 41.5 Å². The average Bonchev–Trinajstić information content (AvgIpc) is 3.17. The number of hydrogen-bond acceptors (Lipinski definition) is 5. The van der Waals surface area contributed by atoms with E-state index in [0.29, 0.717) is 17.5 Å². The van der Waals surface area contributed by atoms with E-state index in [0.717, 1.165) is 31.2 Å². The SMILES string of the molecule is Cc1cccc(OC(C)C(=O)NC2(c3noc(C)n3)CCCC2)c1. The summed E-state index contributed by atoms with van der Waals surface area (Å²) in [4.78, 5) is 17.0. The van der Waals surface area contributed by atoms with E-state index in [9.17, 15) is 4.79 Å². The van der Waals surface area contributed by atoms with Crippen molar-refractivity contribution in [3.8, 4) is 5.75 Å². The first-order chi connectivity index (χ1) is 11.5. The van der Waals surface area contributed by atoms with Gasteiger partial charge in [0, 0.05) is 6.92 Å². The van der Waals surface area contributed by atoms with Crippen LogP contribution in [0.25, 0.3) is 0 Å². The van der Waals surface area contributed by atoms with Crippen molar-refractivity contribution in [1.82, 2.24) is 15.5 Å². The molecule has 3 rings (SSSR count). The van der Waals surface area contributed by atoms with Crippen LogP contribution in [0.3, 0.4) is 0 Å². The molecule has 6 heteroatoms. The molecular weight excluding hydrogens is 306 g/mol. The molecule has 1 unspecified atom stereocenters. The topological polar surface area (TPSA) is 77.2 Å². The number of carbonyl (C=O) groups is 1. The van der Waals surface area contributed by atoms with E-state index in [-0.39, 0.29) is 5.91 Å². The molecule has 1 fully saturated rings. The lowest BCUT2D eigenvalue weighted by molar-refractivity contribution is -0.129. The Bertz CT molecular complexity index is 720. The lowest BCUT2D eigenvalue weighted by Crippen LogP contribution is -2.49. The predicted molar refractivity (Wildman–Crippen MR) is 88.6 cm³/mol. The number of hydrogen-bond donors (Lipinski definition) is 1. The van der Waals surface area contributed by atoms with Crippen LogP contribution in [-0.4, -0.2) is 22.2 Å². The first kappa shape index (κ1) is 16.5. The van der Waals surface area contributed by atoms with Gasteiger partial charge in [0.05, 0.1) is 0 Å². The normalized spacial score (nSPS) is 17.5. The molecule has 24 heavy (non-hydrogen) atoms. The van der Waals surface area contributed by atoms with Crippen LogP contribution in [0.1, 0.15) is 49.9 Å². The molecule has 1 heterocycles. The Morgan fingerprint density at radius 2 is 2.08 bits per heavy atom. The van der Waals surface area contributed by atoms with Gasteiger partial charge in [0.25, 0.3) is 5.91 Å². The fourth-order valence-corrected chi connectivity index (χ4v) is 3.16. The number of benzene rings is 1. The number of ether oxygens (including phenoxy) is 1. The van der Waals surface area contributed by atoms with Gasteiger partial charge in [-0.2, -0.15) is 4.98 Å². The van der Waals surface area contributed by atoms with Gasteiger partial charge in [-0.15, -0.1) is 0 Å². The summed E-state index contributed by atoms with van der Waals surface area (Å²) < 4.78 is 10.9. The number of aryl methyl sites for hydroxylation is 2. The average molecular weight is 329 g/mol.